The van der Waals surface area contributed by atoms with Crippen LogP contribution in [0.2, 0.25) is 0 Å². The topological polar surface area (TPSA) is 100 Å². The van der Waals surface area contributed by atoms with Gasteiger partial charge in [-0.2, -0.15) is 0 Å². The molecule has 4 aliphatic carbocycles. The lowest BCUT2D eigenvalue weighted by Gasteiger charge is -2.59. The van der Waals surface area contributed by atoms with Crippen LogP contribution in [0, 0.1) is 29.3 Å². The van der Waals surface area contributed by atoms with Crippen molar-refractivity contribution in [1.29, 1.82) is 0 Å². The zero-order chi connectivity index (χ0) is 49.4. The van der Waals surface area contributed by atoms with Crippen molar-refractivity contribution < 1.29 is 22.8 Å². The molecular weight excluding hydrogens is 898 g/mol. The lowest BCUT2D eigenvalue weighted by molar-refractivity contribution is -0.163. The van der Waals surface area contributed by atoms with Crippen LogP contribution in [0.1, 0.15) is 128 Å². The van der Waals surface area contributed by atoms with E-state index in [0.29, 0.717) is 59.5 Å². The predicted molar refractivity (Wildman–Crippen MR) is 278 cm³/mol. The Labute approximate surface area is 416 Å². The molecule has 0 bridgehead atoms. The number of rotatable bonds is 13. The highest BCUT2D eigenvalue weighted by atomic mass is 19.2. The molecule has 0 saturated heterocycles. The lowest BCUT2D eigenvalue weighted by atomic mass is 9.55. The summed E-state index contributed by atoms with van der Waals surface area (Å²) < 4.78 is 53.0. The highest BCUT2D eigenvalue weighted by molar-refractivity contribution is 6.02. The number of carbonyl (C=O) groups excluding carboxylic acids is 2. The van der Waals surface area contributed by atoms with Gasteiger partial charge in [-0.25, -0.2) is 23.1 Å². The van der Waals surface area contributed by atoms with Crippen LogP contribution in [0.5, 0.6) is 0 Å². The number of hydrogen-bond acceptors (Lipinski definition) is 6. The molecule has 0 radical (unpaired) electrons. The standard InChI is InChI=1S/C58H71F3N8O2/c1-66(2)45-29-17-19-38(33-45)53-64-49-32-31-42(59)35-51(49)68(53)57(40-21-9-5-10-22-40,55(70)62-43-25-13-7-14-26-43)58(41-23-11-6-12-24-41,56(71)63-44-27-15-8-16-28-44)69-52-37-48(61)47(60)36-50(52)65-54(69)39-20-18-30-46(34-39)67(3)4/h17-20,29-37,40-41,43-44H,5-16,21-28H2,1-4H3,(H,62,70)(H,63,71). The minimum absolute atomic E-state index is 0.172. The molecule has 10 rings (SSSR count). The van der Waals surface area contributed by atoms with Gasteiger partial charge in [0.05, 0.1) is 22.1 Å². The fourth-order valence-corrected chi connectivity index (χ4v) is 13.4. The van der Waals surface area contributed by atoms with Crippen LogP contribution in [-0.2, 0) is 20.7 Å². The molecule has 4 aromatic carbocycles. The number of carbonyl (C=O) groups is 2. The number of amides is 2. The molecular formula is C58H71F3N8O2. The molecule has 2 amide bonds. The van der Waals surface area contributed by atoms with Gasteiger partial charge in [-0.1, -0.05) is 101 Å². The summed E-state index contributed by atoms with van der Waals surface area (Å²) in [7, 11) is 7.86. The van der Waals surface area contributed by atoms with E-state index in [4.69, 9.17) is 9.97 Å². The minimum atomic E-state index is -1.96. The molecule has 4 saturated carbocycles. The van der Waals surface area contributed by atoms with Crippen LogP contribution in [0.15, 0.2) is 78.9 Å². The Hall–Kier alpha value is -5.85. The van der Waals surface area contributed by atoms with Crippen molar-refractivity contribution in [2.75, 3.05) is 38.0 Å². The second kappa shape index (κ2) is 20.3. The summed E-state index contributed by atoms with van der Waals surface area (Å²) in [6.07, 6.45) is 16.3. The van der Waals surface area contributed by atoms with Gasteiger partial charge in [0.15, 0.2) is 22.7 Å². The molecule has 2 atom stereocenters. The van der Waals surface area contributed by atoms with Crippen LogP contribution in [0.4, 0.5) is 24.5 Å². The van der Waals surface area contributed by atoms with Gasteiger partial charge in [-0.05, 0) is 106 Å². The Bertz CT molecular complexity index is 2890. The van der Waals surface area contributed by atoms with E-state index in [0.717, 1.165) is 120 Å². The summed E-state index contributed by atoms with van der Waals surface area (Å²) in [6, 6.07) is 22.4. The van der Waals surface area contributed by atoms with Crippen LogP contribution in [-0.4, -0.2) is 71.2 Å². The molecule has 6 aromatic rings. The third kappa shape index (κ3) is 8.76. The van der Waals surface area contributed by atoms with Gasteiger partial charge in [0, 0.05) is 74.9 Å². The highest BCUT2D eigenvalue weighted by Gasteiger charge is 2.71. The van der Waals surface area contributed by atoms with Crippen molar-refractivity contribution in [2.24, 2.45) is 11.8 Å². The molecule has 376 valence electrons. The van der Waals surface area contributed by atoms with Gasteiger partial charge in [-0.15, -0.1) is 0 Å². The number of aromatic nitrogens is 4. The predicted octanol–water partition coefficient (Wildman–Crippen LogP) is 12.4. The maximum absolute atomic E-state index is 17.6. The molecule has 4 fully saturated rings. The molecule has 71 heavy (non-hydrogen) atoms. The molecule has 2 unspecified atom stereocenters. The second-order valence-corrected chi connectivity index (χ2v) is 21.6. The summed E-state index contributed by atoms with van der Waals surface area (Å²) >= 11 is 0. The molecule has 13 heteroatoms. The summed E-state index contributed by atoms with van der Waals surface area (Å²) in [5.41, 5.74) is 0.472. The molecule has 0 spiro atoms. The van der Waals surface area contributed by atoms with E-state index in [2.05, 4.69) is 10.6 Å². The maximum Gasteiger partial charge on any atom is 0.249 e. The average molecular weight is 969 g/mol. The first-order valence-corrected chi connectivity index (χ1v) is 26.7. The van der Waals surface area contributed by atoms with Crippen molar-refractivity contribution in [3.05, 3.63) is 96.3 Å². The maximum atomic E-state index is 17.6. The summed E-state index contributed by atoms with van der Waals surface area (Å²) in [6.45, 7) is 0. The molecule has 2 N–H and O–H groups in total. The van der Waals surface area contributed by atoms with Crippen molar-refractivity contribution in [2.45, 2.75) is 152 Å². The Kier molecular flexibility index (Phi) is 14.0. The van der Waals surface area contributed by atoms with Crippen molar-refractivity contribution in [3.8, 4) is 22.8 Å². The zero-order valence-corrected chi connectivity index (χ0v) is 42.1. The first kappa shape index (κ1) is 48.8. The third-order valence-electron chi connectivity index (χ3n) is 16.8. The Balaban J connectivity index is 1.46. The van der Waals surface area contributed by atoms with Gasteiger partial charge in [0.1, 0.15) is 17.5 Å². The van der Waals surface area contributed by atoms with E-state index >= 15 is 22.8 Å². The molecule has 0 aliphatic heterocycles. The molecule has 2 heterocycles. The van der Waals surface area contributed by atoms with Gasteiger partial charge in [0.25, 0.3) is 0 Å². The normalized spacial score (nSPS) is 19.6. The van der Waals surface area contributed by atoms with Gasteiger partial charge in [-0.3, -0.25) is 9.59 Å². The van der Waals surface area contributed by atoms with E-state index in [1.54, 1.807) is 6.07 Å². The van der Waals surface area contributed by atoms with E-state index < -0.39 is 40.4 Å². The van der Waals surface area contributed by atoms with Crippen LogP contribution in [0.3, 0.4) is 0 Å². The SMILES string of the molecule is CN(C)c1cccc(-c2nc3ccc(F)cc3n2C(C(=O)NC2CCCCC2)(C2CCCCC2)C(C(=O)NC2CCCCC2)(C2CCCCC2)n2c(-c3cccc(N(C)C)c3)nc3cc(F)c(F)cc32)c1. The minimum Gasteiger partial charge on any atom is -0.378 e. The number of anilines is 2. The van der Waals surface area contributed by atoms with Crippen molar-refractivity contribution >= 4 is 45.3 Å². The number of fused-ring (bicyclic) bond motifs is 2. The van der Waals surface area contributed by atoms with E-state index in [9.17, 15) is 0 Å². The van der Waals surface area contributed by atoms with Crippen molar-refractivity contribution in [3.63, 3.8) is 0 Å². The zero-order valence-electron chi connectivity index (χ0n) is 42.1. The Morgan fingerprint density at radius 2 is 0.915 bits per heavy atom. The smallest absolute Gasteiger partial charge is 0.249 e. The number of nitrogens with zero attached hydrogens (tertiary/aromatic N) is 6. The number of hydrogen-bond donors (Lipinski definition) is 2. The lowest BCUT2D eigenvalue weighted by Crippen LogP contribution is -2.76. The molecule has 2 aromatic heterocycles. The largest absolute Gasteiger partial charge is 0.378 e. The van der Waals surface area contributed by atoms with E-state index in [1.165, 1.54) is 18.2 Å². The first-order valence-electron chi connectivity index (χ1n) is 26.7. The number of halogens is 3. The first-order chi connectivity index (χ1) is 34.4. The Morgan fingerprint density at radius 1 is 0.507 bits per heavy atom. The fraction of sp³-hybridized carbons (Fsp3) is 0.517. The van der Waals surface area contributed by atoms with E-state index in [-0.39, 0.29) is 34.9 Å². The second-order valence-electron chi connectivity index (χ2n) is 21.6. The quantitative estimate of drug-likeness (QED) is 0.120. The number of nitrogens with one attached hydrogen (secondary N) is 2. The van der Waals surface area contributed by atoms with Crippen LogP contribution < -0.4 is 20.4 Å². The number of imidazole rings is 2. The molecule has 10 nitrogen and oxygen atoms in total. The summed E-state index contributed by atoms with van der Waals surface area (Å²) in [4.78, 5) is 50.0. The third-order valence-corrected chi connectivity index (χ3v) is 16.8. The Morgan fingerprint density at radius 3 is 1.37 bits per heavy atom. The fourth-order valence-electron chi connectivity index (χ4n) is 13.4. The van der Waals surface area contributed by atoms with Gasteiger partial charge < -0.3 is 29.6 Å². The van der Waals surface area contributed by atoms with Crippen LogP contribution in [0.25, 0.3) is 44.8 Å². The summed E-state index contributed by atoms with van der Waals surface area (Å²) in [5.74, 6) is -3.63. The van der Waals surface area contributed by atoms with E-state index in [1.807, 2.05) is 95.7 Å². The van der Waals surface area contributed by atoms with Crippen LogP contribution >= 0.6 is 0 Å². The van der Waals surface area contributed by atoms with Gasteiger partial charge >= 0.3 is 0 Å². The molecule has 4 aliphatic rings. The van der Waals surface area contributed by atoms with Gasteiger partial charge in [0.2, 0.25) is 11.8 Å². The monoisotopic (exact) mass is 969 g/mol. The number of benzene rings is 4. The average Bonchev–Trinajstić information content (AvgIpc) is 3.95. The van der Waals surface area contributed by atoms with Crippen molar-refractivity contribution in [1.82, 2.24) is 29.7 Å². The highest BCUT2D eigenvalue weighted by Crippen LogP contribution is 2.59. The summed E-state index contributed by atoms with van der Waals surface area (Å²) in [5, 5.41) is 7.40.